The van der Waals surface area contributed by atoms with Gasteiger partial charge in [0.05, 0.1) is 6.61 Å². The molecule has 2 saturated heterocycles. The Bertz CT molecular complexity index is 658. The Morgan fingerprint density at radius 3 is 2.54 bits per heavy atom. The Morgan fingerprint density at radius 1 is 1.11 bits per heavy atom. The molecule has 1 atom stereocenters. The highest BCUT2D eigenvalue weighted by atomic mass is 16.6. The average molecular weight is 390 g/mol. The molecule has 2 aliphatic rings. The number of hydrogen-bond donors (Lipinski definition) is 1. The van der Waals surface area contributed by atoms with Crippen molar-refractivity contribution in [3.63, 3.8) is 0 Å². The van der Waals surface area contributed by atoms with E-state index in [2.05, 4.69) is 22.4 Å². The fourth-order valence-electron chi connectivity index (χ4n) is 3.99. The molecule has 1 N–H and O–H groups in total. The molecule has 28 heavy (non-hydrogen) atoms. The second-order valence-electron chi connectivity index (χ2n) is 7.46. The molecule has 2 aliphatic heterocycles. The zero-order chi connectivity index (χ0) is 19.9. The molecule has 8 nitrogen and oxygen atoms in total. The van der Waals surface area contributed by atoms with Crippen LogP contribution >= 0.6 is 0 Å². The van der Waals surface area contributed by atoms with Crippen LogP contribution in [0.3, 0.4) is 0 Å². The lowest BCUT2D eigenvalue weighted by Gasteiger charge is -2.35. The van der Waals surface area contributed by atoms with Gasteiger partial charge in [0, 0.05) is 31.7 Å². The molecule has 1 unspecified atom stereocenters. The fourth-order valence-corrected chi connectivity index (χ4v) is 3.99. The summed E-state index contributed by atoms with van der Waals surface area (Å²) in [6, 6.07) is 4.12. The maximum Gasteiger partial charge on any atom is 0.409 e. The van der Waals surface area contributed by atoms with E-state index >= 15 is 0 Å². The van der Waals surface area contributed by atoms with Crippen LogP contribution in [0.1, 0.15) is 62.9 Å². The van der Waals surface area contributed by atoms with E-state index in [1.165, 1.54) is 6.42 Å². The molecule has 8 heteroatoms. The van der Waals surface area contributed by atoms with Gasteiger partial charge in [-0.25, -0.2) is 4.79 Å². The quantitative estimate of drug-likeness (QED) is 0.833. The number of aromatic nitrogens is 2. The standard InChI is InChI=1S/C20H31N5O3/c1-3-16-7-5-6-12-25(16)19(26)17-8-9-18(23-22-17)21-15-10-13-24(14-11-15)20(27)28-4-2/h8-9,15-16H,3-7,10-14H2,1-2H3,(H,21,23). The van der Waals surface area contributed by atoms with Crippen LogP contribution in [0.4, 0.5) is 10.6 Å². The number of rotatable bonds is 5. The van der Waals surface area contributed by atoms with Gasteiger partial charge in [-0.15, -0.1) is 10.2 Å². The minimum atomic E-state index is -0.244. The summed E-state index contributed by atoms with van der Waals surface area (Å²) in [7, 11) is 0. The van der Waals surface area contributed by atoms with Crippen molar-refractivity contribution >= 4 is 17.8 Å². The third-order valence-corrected chi connectivity index (χ3v) is 5.62. The second kappa shape index (κ2) is 9.71. The number of likely N-dealkylation sites (tertiary alicyclic amines) is 2. The van der Waals surface area contributed by atoms with Gasteiger partial charge < -0.3 is 19.9 Å². The van der Waals surface area contributed by atoms with Crippen LogP contribution in [0, 0.1) is 0 Å². The first-order valence-electron chi connectivity index (χ1n) is 10.4. The van der Waals surface area contributed by atoms with Crippen molar-refractivity contribution < 1.29 is 14.3 Å². The number of anilines is 1. The van der Waals surface area contributed by atoms with E-state index < -0.39 is 0 Å². The number of hydrogen-bond acceptors (Lipinski definition) is 6. The lowest BCUT2D eigenvalue weighted by molar-refractivity contribution is 0.0600. The van der Waals surface area contributed by atoms with Gasteiger partial charge in [-0.2, -0.15) is 0 Å². The smallest absolute Gasteiger partial charge is 0.409 e. The molecule has 0 radical (unpaired) electrons. The molecule has 0 saturated carbocycles. The number of amides is 2. The van der Waals surface area contributed by atoms with Crippen LogP contribution in [0.15, 0.2) is 12.1 Å². The average Bonchev–Trinajstić information content (AvgIpc) is 2.74. The van der Waals surface area contributed by atoms with Crippen molar-refractivity contribution in [3.05, 3.63) is 17.8 Å². The first-order chi connectivity index (χ1) is 13.6. The Labute approximate surface area is 166 Å². The molecular formula is C20H31N5O3. The Hall–Kier alpha value is -2.38. The van der Waals surface area contributed by atoms with E-state index in [4.69, 9.17) is 4.74 Å². The first kappa shape index (κ1) is 20.4. The van der Waals surface area contributed by atoms with E-state index in [0.717, 1.165) is 38.6 Å². The molecule has 1 aromatic heterocycles. The van der Waals surface area contributed by atoms with E-state index in [1.807, 2.05) is 17.9 Å². The van der Waals surface area contributed by atoms with Crippen molar-refractivity contribution in [2.75, 3.05) is 31.6 Å². The number of nitrogens with one attached hydrogen (secondary N) is 1. The van der Waals surface area contributed by atoms with Gasteiger partial charge >= 0.3 is 6.09 Å². The van der Waals surface area contributed by atoms with Crippen molar-refractivity contribution in [2.24, 2.45) is 0 Å². The molecule has 3 heterocycles. The van der Waals surface area contributed by atoms with E-state index in [1.54, 1.807) is 11.0 Å². The lowest BCUT2D eigenvalue weighted by atomic mass is 9.99. The summed E-state index contributed by atoms with van der Waals surface area (Å²) in [6.45, 7) is 6.46. The van der Waals surface area contributed by atoms with Crippen LogP contribution in [0.5, 0.6) is 0 Å². The summed E-state index contributed by atoms with van der Waals surface area (Å²) in [5.74, 6) is 0.644. The van der Waals surface area contributed by atoms with Crippen molar-refractivity contribution in [2.45, 2.75) is 64.5 Å². The number of ether oxygens (including phenoxy) is 1. The summed E-state index contributed by atoms with van der Waals surface area (Å²) in [6.07, 6.45) is 5.70. The van der Waals surface area contributed by atoms with Gasteiger partial charge in [0.25, 0.3) is 5.91 Å². The molecule has 3 rings (SSSR count). The van der Waals surface area contributed by atoms with E-state index in [-0.39, 0.29) is 18.0 Å². The van der Waals surface area contributed by atoms with Crippen LogP contribution < -0.4 is 5.32 Å². The number of carbonyl (C=O) groups is 2. The van der Waals surface area contributed by atoms with E-state index in [9.17, 15) is 9.59 Å². The minimum Gasteiger partial charge on any atom is -0.450 e. The highest BCUT2D eigenvalue weighted by Gasteiger charge is 2.27. The van der Waals surface area contributed by atoms with Gasteiger partial charge in [-0.1, -0.05) is 6.92 Å². The summed E-state index contributed by atoms with van der Waals surface area (Å²) in [4.78, 5) is 28.2. The first-order valence-corrected chi connectivity index (χ1v) is 10.4. The predicted octanol–water partition coefficient (Wildman–Crippen LogP) is 2.91. The molecule has 0 spiro atoms. The van der Waals surface area contributed by atoms with Crippen LogP contribution in [0.25, 0.3) is 0 Å². The molecule has 0 aromatic carbocycles. The Kier molecular flexibility index (Phi) is 7.06. The lowest BCUT2D eigenvalue weighted by Crippen LogP contribution is -2.43. The Morgan fingerprint density at radius 2 is 1.89 bits per heavy atom. The van der Waals surface area contributed by atoms with Crippen LogP contribution in [-0.2, 0) is 4.74 Å². The van der Waals surface area contributed by atoms with Gasteiger partial charge in [-0.3, -0.25) is 4.79 Å². The van der Waals surface area contributed by atoms with Gasteiger partial charge in [0.2, 0.25) is 0 Å². The molecule has 154 valence electrons. The van der Waals surface area contributed by atoms with Crippen molar-refractivity contribution in [1.82, 2.24) is 20.0 Å². The zero-order valence-corrected chi connectivity index (χ0v) is 16.9. The largest absolute Gasteiger partial charge is 0.450 e. The monoisotopic (exact) mass is 389 g/mol. The topological polar surface area (TPSA) is 87.7 Å². The maximum atomic E-state index is 12.8. The minimum absolute atomic E-state index is 0.0201. The third-order valence-electron chi connectivity index (χ3n) is 5.62. The van der Waals surface area contributed by atoms with Gasteiger partial charge in [0.15, 0.2) is 5.69 Å². The molecule has 1 aromatic rings. The molecule has 2 fully saturated rings. The highest BCUT2D eigenvalue weighted by molar-refractivity contribution is 5.92. The second-order valence-corrected chi connectivity index (χ2v) is 7.46. The normalized spacial score (nSPS) is 20.7. The molecule has 2 amide bonds. The molecular weight excluding hydrogens is 358 g/mol. The number of carbonyl (C=O) groups excluding carboxylic acids is 2. The zero-order valence-electron chi connectivity index (χ0n) is 16.9. The van der Waals surface area contributed by atoms with Gasteiger partial charge in [0.1, 0.15) is 5.82 Å². The molecule has 0 bridgehead atoms. The SMILES string of the molecule is CCOC(=O)N1CCC(Nc2ccc(C(=O)N3CCCCC3CC)nn2)CC1. The van der Waals surface area contributed by atoms with Crippen LogP contribution in [0.2, 0.25) is 0 Å². The van der Waals surface area contributed by atoms with Crippen LogP contribution in [-0.4, -0.2) is 70.3 Å². The number of nitrogens with zero attached hydrogens (tertiary/aromatic N) is 4. The predicted molar refractivity (Wildman–Crippen MR) is 106 cm³/mol. The van der Waals surface area contributed by atoms with Crippen molar-refractivity contribution in [1.29, 1.82) is 0 Å². The van der Waals surface area contributed by atoms with Crippen molar-refractivity contribution in [3.8, 4) is 0 Å². The highest BCUT2D eigenvalue weighted by Crippen LogP contribution is 2.22. The Balaban J connectivity index is 1.52. The maximum absolute atomic E-state index is 12.8. The molecule has 0 aliphatic carbocycles. The summed E-state index contributed by atoms with van der Waals surface area (Å²) < 4.78 is 5.04. The third kappa shape index (κ3) is 4.91. The number of piperidine rings is 2. The van der Waals surface area contributed by atoms with Gasteiger partial charge in [-0.05, 0) is 57.6 Å². The summed E-state index contributed by atoms with van der Waals surface area (Å²) in [5.41, 5.74) is 0.406. The summed E-state index contributed by atoms with van der Waals surface area (Å²) >= 11 is 0. The van der Waals surface area contributed by atoms with E-state index in [0.29, 0.717) is 37.3 Å². The summed E-state index contributed by atoms with van der Waals surface area (Å²) in [5, 5.41) is 11.7. The fraction of sp³-hybridized carbons (Fsp3) is 0.700.